The lowest BCUT2D eigenvalue weighted by atomic mass is 9.84. The molecule has 0 radical (unpaired) electrons. The predicted octanol–water partition coefficient (Wildman–Crippen LogP) is 2.19. The Balaban J connectivity index is 2.12. The van der Waals surface area contributed by atoms with Gasteiger partial charge in [-0.1, -0.05) is 18.3 Å². The summed E-state index contributed by atoms with van der Waals surface area (Å²) in [6.45, 7) is 0.282. The average Bonchev–Trinajstić information content (AvgIpc) is 2.45. The van der Waals surface area contributed by atoms with E-state index in [1.165, 1.54) is 24.6 Å². The zero-order chi connectivity index (χ0) is 15.3. The Kier molecular flexibility index (Phi) is 5.27. The number of nitrogens with one attached hydrogen (secondary N) is 1. The molecule has 21 heavy (non-hydrogen) atoms. The number of hydrogen-bond donors (Lipinski definition) is 2. The Bertz CT molecular complexity index is 582. The van der Waals surface area contributed by atoms with Crippen LogP contribution < -0.4 is 5.32 Å². The molecule has 1 fully saturated rings. The van der Waals surface area contributed by atoms with Crippen molar-refractivity contribution in [2.75, 3.05) is 19.4 Å². The molecule has 0 spiro atoms. The number of benzene rings is 1. The summed E-state index contributed by atoms with van der Waals surface area (Å²) < 4.78 is 13.5. The summed E-state index contributed by atoms with van der Waals surface area (Å²) in [5.74, 6) is 4.37. The molecule has 1 amide bonds. The van der Waals surface area contributed by atoms with Crippen molar-refractivity contribution in [2.45, 2.75) is 24.0 Å². The maximum Gasteiger partial charge on any atom is 0.252 e. The van der Waals surface area contributed by atoms with Crippen LogP contribution in [0.25, 0.3) is 0 Å². The first-order valence-corrected chi connectivity index (χ1v) is 8.05. The van der Waals surface area contributed by atoms with Crippen LogP contribution in [-0.2, 0) is 0 Å². The van der Waals surface area contributed by atoms with Gasteiger partial charge in [0, 0.05) is 16.9 Å². The molecule has 0 saturated heterocycles. The summed E-state index contributed by atoms with van der Waals surface area (Å²) in [7, 11) is 0. The fourth-order valence-electron chi connectivity index (χ4n) is 2.31. The van der Waals surface area contributed by atoms with Crippen molar-refractivity contribution in [3.05, 3.63) is 35.1 Å². The lowest BCUT2D eigenvalue weighted by Gasteiger charge is -2.40. The molecule has 0 aliphatic heterocycles. The Morgan fingerprint density at radius 3 is 2.86 bits per heavy atom. The van der Waals surface area contributed by atoms with Gasteiger partial charge in [-0.2, -0.15) is 11.8 Å². The quantitative estimate of drug-likeness (QED) is 0.838. The van der Waals surface area contributed by atoms with Crippen molar-refractivity contribution in [1.29, 1.82) is 0 Å². The maximum atomic E-state index is 13.4. The van der Waals surface area contributed by atoms with E-state index in [2.05, 4.69) is 17.2 Å². The minimum atomic E-state index is -0.474. The molecule has 3 nitrogen and oxygen atoms in total. The number of halogens is 1. The fraction of sp³-hybridized carbons (Fsp3) is 0.438. The van der Waals surface area contributed by atoms with Crippen LogP contribution in [0.5, 0.6) is 0 Å². The van der Waals surface area contributed by atoms with E-state index in [0.29, 0.717) is 12.1 Å². The van der Waals surface area contributed by atoms with Gasteiger partial charge >= 0.3 is 0 Å². The fourth-order valence-corrected chi connectivity index (χ4v) is 3.22. The highest BCUT2D eigenvalue weighted by Gasteiger charge is 2.36. The lowest BCUT2D eigenvalue weighted by Crippen LogP contribution is -2.45. The van der Waals surface area contributed by atoms with Crippen LogP contribution in [0.1, 0.15) is 35.2 Å². The van der Waals surface area contributed by atoms with Gasteiger partial charge in [-0.25, -0.2) is 4.39 Å². The molecule has 1 aromatic rings. The number of carbonyl (C=O) groups excluding carboxylic acids is 1. The molecule has 1 aliphatic carbocycles. The van der Waals surface area contributed by atoms with Crippen LogP contribution in [0.3, 0.4) is 0 Å². The topological polar surface area (TPSA) is 49.3 Å². The Hall–Kier alpha value is -1.51. The molecule has 0 atom stereocenters. The van der Waals surface area contributed by atoms with Crippen molar-refractivity contribution in [3.63, 3.8) is 0 Å². The van der Waals surface area contributed by atoms with Crippen molar-refractivity contribution < 1.29 is 14.3 Å². The van der Waals surface area contributed by atoms with E-state index in [4.69, 9.17) is 5.11 Å². The number of rotatable bonds is 4. The summed E-state index contributed by atoms with van der Waals surface area (Å²) >= 11 is 1.77. The predicted molar refractivity (Wildman–Crippen MR) is 82.8 cm³/mol. The van der Waals surface area contributed by atoms with Crippen molar-refractivity contribution in [1.82, 2.24) is 5.32 Å². The van der Waals surface area contributed by atoms with Crippen LogP contribution in [0.2, 0.25) is 0 Å². The highest BCUT2D eigenvalue weighted by molar-refractivity contribution is 8.00. The molecule has 0 heterocycles. The first-order chi connectivity index (χ1) is 10.1. The summed E-state index contributed by atoms with van der Waals surface area (Å²) in [5.41, 5.74) is 0.640. The van der Waals surface area contributed by atoms with Gasteiger partial charge in [0.1, 0.15) is 12.4 Å². The molecule has 0 unspecified atom stereocenters. The maximum absolute atomic E-state index is 13.4. The largest absolute Gasteiger partial charge is 0.384 e. The zero-order valence-corrected chi connectivity index (χ0v) is 12.7. The second-order valence-corrected chi connectivity index (χ2v) is 6.35. The monoisotopic (exact) mass is 307 g/mol. The average molecular weight is 307 g/mol. The van der Waals surface area contributed by atoms with Gasteiger partial charge in [-0.3, -0.25) is 4.79 Å². The molecule has 0 bridgehead atoms. The van der Waals surface area contributed by atoms with Crippen LogP contribution >= 0.6 is 11.8 Å². The lowest BCUT2D eigenvalue weighted by molar-refractivity contribution is 0.0943. The van der Waals surface area contributed by atoms with Gasteiger partial charge < -0.3 is 10.4 Å². The molecule has 5 heteroatoms. The summed E-state index contributed by atoms with van der Waals surface area (Å²) in [5, 5.41) is 11.6. The summed E-state index contributed by atoms with van der Waals surface area (Å²) in [6, 6.07) is 3.90. The minimum Gasteiger partial charge on any atom is -0.384 e. The molecule has 112 valence electrons. The van der Waals surface area contributed by atoms with Gasteiger partial charge in [-0.15, -0.1) is 0 Å². The number of hydrogen-bond acceptors (Lipinski definition) is 3. The van der Waals surface area contributed by atoms with Crippen LogP contribution in [0, 0.1) is 17.7 Å². The number of carbonyl (C=O) groups is 1. The Morgan fingerprint density at radius 2 is 2.29 bits per heavy atom. The first kappa shape index (κ1) is 15.9. The third-order valence-corrected chi connectivity index (χ3v) is 5.22. The molecule has 2 rings (SSSR count). The highest BCUT2D eigenvalue weighted by Crippen LogP contribution is 2.42. The second kappa shape index (κ2) is 6.97. The smallest absolute Gasteiger partial charge is 0.252 e. The second-order valence-electron chi connectivity index (χ2n) is 5.07. The van der Waals surface area contributed by atoms with Gasteiger partial charge in [0.05, 0.1) is 5.56 Å². The third kappa shape index (κ3) is 3.78. The normalized spacial score (nSPS) is 15.6. The van der Waals surface area contributed by atoms with E-state index in [1.54, 1.807) is 11.8 Å². The van der Waals surface area contributed by atoms with Gasteiger partial charge in [0.25, 0.3) is 5.91 Å². The van der Waals surface area contributed by atoms with Gasteiger partial charge in [0.15, 0.2) is 0 Å². The summed E-state index contributed by atoms with van der Waals surface area (Å²) in [6.07, 6.45) is 5.42. The summed E-state index contributed by atoms with van der Waals surface area (Å²) in [4.78, 5) is 12.3. The molecule has 1 aromatic carbocycles. The highest BCUT2D eigenvalue weighted by atomic mass is 32.2. The molecular formula is C16H18FNO2S. The van der Waals surface area contributed by atoms with Gasteiger partial charge in [-0.05, 0) is 37.3 Å². The van der Waals surface area contributed by atoms with Gasteiger partial charge in [0.2, 0.25) is 0 Å². The molecular weight excluding hydrogens is 289 g/mol. The number of aliphatic hydroxyl groups excluding tert-OH is 1. The van der Waals surface area contributed by atoms with Crippen LogP contribution in [-0.4, -0.2) is 35.2 Å². The van der Waals surface area contributed by atoms with E-state index < -0.39 is 5.82 Å². The Morgan fingerprint density at radius 1 is 1.52 bits per heavy atom. The SMILES string of the molecule is CSC1(CNC(=O)c2cc(F)ccc2C#CCO)CCC1. The zero-order valence-electron chi connectivity index (χ0n) is 11.9. The number of aliphatic hydroxyl groups is 1. The minimum absolute atomic E-state index is 0.125. The molecule has 1 aliphatic rings. The Labute approximate surface area is 128 Å². The number of thioether (sulfide) groups is 1. The van der Waals surface area contributed by atoms with Crippen molar-refractivity contribution in [3.8, 4) is 11.8 Å². The standard InChI is InChI=1S/C16H18FNO2S/c1-21-16(7-3-8-16)11-18-15(20)14-10-13(17)6-5-12(14)4-2-9-19/h5-6,10,19H,3,7-9,11H2,1H3,(H,18,20). The number of amides is 1. The van der Waals surface area contributed by atoms with Crippen LogP contribution in [0.15, 0.2) is 18.2 Å². The van der Waals surface area contributed by atoms with E-state index >= 15 is 0 Å². The third-order valence-electron chi connectivity index (χ3n) is 3.80. The van der Waals surface area contributed by atoms with E-state index in [9.17, 15) is 9.18 Å². The van der Waals surface area contributed by atoms with E-state index in [1.807, 2.05) is 6.26 Å². The van der Waals surface area contributed by atoms with E-state index in [-0.39, 0.29) is 22.8 Å². The van der Waals surface area contributed by atoms with Crippen LogP contribution in [0.4, 0.5) is 4.39 Å². The van der Waals surface area contributed by atoms with Crippen molar-refractivity contribution in [2.24, 2.45) is 0 Å². The molecule has 2 N–H and O–H groups in total. The molecule has 1 saturated carbocycles. The molecule has 0 aromatic heterocycles. The first-order valence-electron chi connectivity index (χ1n) is 6.83. The van der Waals surface area contributed by atoms with Crippen molar-refractivity contribution >= 4 is 17.7 Å². The van der Waals surface area contributed by atoms with E-state index in [0.717, 1.165) is 12.8 Å².